The van der Waals surface area contributed by atoms with Crippen molar-refractivity contribution in [2.75, 3.05) is 6.61 Å². The van der Waals surface area contributed by atoms with Crippen LogP contribution in [0, 0.1) is 5.92 Å². The molecule has 0 radical (unpaired) electrons. The summed E-state index contributed by atoms with van der Waals surface area (Å²) in [6.45, 7) is 2.31. The second-order valence-corrected chi connectivity index (χ2v) is 4.73. The summed E-state index contributed by atoms with van der Waals surface area (Å²) in [5.41, 5.74) is 0. The van der Waals surface area contributed by atoms with Crippen LogP contribution in [-0.2, 0) is 9.53 Å². The van der Waals surface area contributed by atoms with Crippen molar-refractivity contribution in [2.45, 2.75) is 50.5 Å². The molecule has 1 saturated carbocycles. The summed E-state index contributed by atoms with van der Waals surface area (Å²) in [6.07, 6.45) is 5.95. The van der Waals surface area contributed by atoms with Gasteiger partial charge in [0.05, 0.1) is 12.7 Å². The molecule has 0 aromatic rings. The molecule has 88 valence electrons. The van der Waals surface area contributed by atoms with Gasteiger partial charge in [0.1, 0.15) is 0 Å². The van der Waals surface area contributed by atoms with Gasteiger partial charge in [-0.1, -0.05) is 26.2 Å². The van der Waals surface area contributed by atoms with E-state index in [2.05, 4.69) is 6.92 Å². The molecule has 1 rings (SSSR count). The summed E-state index contributed by atoms with van der Waals surface area (Å²) in [5.74, 6) is -0.262. The van der Waals surface area contributed by atoms with Crippen molar-refractivity contribution in [3.05, 3.63) is 0 Å². The van der Waals surface area contributed by atoms with E-state index < -0.39 is 11.3 Å². The summed E-state index contributed by atoms with van der Waals surface area (Å²) in [4.78, 5) is 10.5. The van der Waals surface area contributed by atoms with E-state index in [0.29, 0.717) is 0 Å². The van der Waals surface area contributed by atoms with E-state index in [4.69, 9.17) is 21.4 Å². The summed E-state index contributed by atoms with van der Waals surface area (Å²) in [5, 5.41) is 7.69. The minimum absolute atomic E-state index is 0.123. The largest absolute Gasteiger partial charge is 0.480 e. The number of carbonyl (C=O) groups is 1. The number of hydrogen-bond donors (Lipinski definition) is 1. The van der Waals surface area contributed by atoms with Crippen molar-refractivity contribution in [3.63, 3.8) is 0 Å². The maximum absolute atomic E-state index is 10.5. The Morgan fingerprint density at radius 2 is 2.33 bits per heavy atom. The molecule has 0 heterocycles. The predicted octanol–water partition coefficient (Wildman–Crippen LogP) is 2.66. The lowest BCUT2D eigenvalue weighted by Gasteiger charge is -2.28. The zero-order valence-electron chi connectivity index (χ0n) is 9.12. The number of aliphatic carboxylic acids is 1. The Kier molecular flexibility index (Phi) is 5.40. The third kappa shape index (κ3) is 4.39. The molecule has 3 nitrogen and oxygen atoms in total. The second-order valence-electron chi connectivity index (χ2n) is 4.20. The quantitative estimate of drug-likeness (QED) is 0.744. The molecular weight excluding hydrogens is 216 g/mol. The van der Waals surface area contributed by atoms with Crippen LogP contribution in [0.3, 0.4) is 0 Å². The van der Waals surface area contributed by atoms with Crippen molar-refractivity contribution in [1.29, 1.82) is 0 Å². The molecule has 1 fully saturated rings. The van der Waals surface area contributed by atoms with E-state index in [0.717, 1.165) is 18.8 Å². The average Bonchev–Trinajstić information content (AvgIpc) is 2.26. The number of alkyl halides is 1. The average molecular weight is 235 g/mol. The molecule has 1 aliphatic carbocycles. The van der Waals surface area contributed by atoms with Gasteiger partial charge in [0.2, 0.25) is 0 Å². The first kappa shape index (κ1) is 12.8. The normalized spacial score (nSPS) is 28.7. The van der Waals surface area contributed by atoms with Crippen LogP contribution in [0.1, 0.15) is 39.0 Å². The monoisotopic (exact) mass is 234 g/mol. The number of hydrogen-bond acceptors (Lipinski definition) is 2. The molecule has 0 bridgehead atoms. The van der Waals surface area contributed by atoms with Gasteiger partial charge in [-0.05, 0) is 18.8 Å². The van der Waals surface area contributed by atoms with Gasteiger partial charge in [-0.25, -0.2) is 0 Å². The van der Waals surface area contributed by atoms with Gasteiger partial charge in [-0.2, -0.15) is 0 Å². The van der Waals surface area contributed by atoms with Crippen LogP contribution in [0.5, 0.6) is 0 Å². The highest BCUT2D eigenvalue weighted by atomic mass is 35.5. The Labute approximate surface area is 95.8 Å². The van der Waals surface area contributed by atoms with E-state index in [1.807, 2.05) is 0 Å². The van der Waals surface area contributed by atoms with Gasteiger partial charge in [0, 0.05) is 0 Å². The standard InChI is InChI=1S/C11H19ClO3/c1-2-8-4-3-5-9(6-8)15-7-10(12)11(13)14/h8-10H,2-7H2,1H3,(H,13,14). The first-order valence-electron chi connectivity index (χ1n) is 5.62. The van der Waals surface area contributed by atoms with Crippen molar-refractivity contribution in [1.82, 2.24) is 0 Å². The summed E-state index contributed by atoms with van der Waals surface area (Å²) < 4.78 is 5.53. The number of carboxylic acid groups (broad SMARTS) is 1. The summed E-state index contributed by atoms with van der Waals surface area (Å²) in [6, 6.07) is 0. The smallest absolute Gasteiger partial charge is 0.324 e. The molecule has 15 heavy (non-hydrogen) atoms. The van der Waals surface area contributed by atoms with Gasteiger partial charge in [-0.15, -0.1) is 11.6 Å². The highest BCUT2D eigenvalue weighted by molar-refractivity contribution is 6.29. The number of halogens is 1. The van der Waals surface area contributed by atoms with Crippen LogP contribution in [0.4, 0.5) is 0 Å². The van der Waals surface area contributed by atoms with Crippen LogP contribution in [0.25, 0.3) is 0 Å². The Balaban J connectivity index is 2.23. The number of carboxylic acids is 1. The van der Waals surface area contributed by atoms with Crippen molar-refractivity contribution < 1.29 is 14.6 Å². The van der Waals surface area contributed by atoms with Crippen LogP contribution < -0.4 is 0 Å². The molecule has 1 aliphatic rings. The SMILES string of the molecule is CCC1CCCC(OCC(Cl)C(=O)O)C1. The minimum atomic E-state index is -1.00. The Morgan fingerprint density at radius 1 is 1.60 bits per heavy atom. The van der Waals surface area contributed by atoms with Gasteiger partial charge in [0.15, 0.2) is 5.38 Å². The van der Waals surface area contributed by atoms with Crippen molar-refractivity contribution >= 4 is 17.6 Å². The maximum atomic E-state index is 10.5. The van der Waals surface area contributed by atoms with Crippen LogP contribution in [0.2, 0.25) is 0 Å². The number of rotatable bonds is 5. The lowest BCUT2D eigenvalue weighted by molar-refractivity contribution is -0.138. The van der Waals surface area contributed by atoms with Gasteiger partial charge < -0.3 is 9.84 Å². The van der Waals surface area contributed by atoms with Crippen LogP contribution >= 0.6 is 11.6 Å². The van der Waals surface area contributed by atoms with E-state index in [-0.39, 0.29) is 12.7 Å². The lowest BCUT2D eigenvalue weighted by atomic mass is 9.85. The third-order valence-corrected chi connectivity index (χ3v) is 3.37. The van der Waals surface area contributed by atoms with Crippen LogP contribution in [0.15, 0.2) is 0 Å². The first-order valence-corrected chi connectivity index (χ1v) is 6.05. The van der Waals surface area contributed by atoms with E-state index in [9.17, 15) is 4.79 Å². The molecule has 0 aromatic carbocycles. The topological polar surface area (TPSA) is 46.5 Å². The summed E-state index contributed by atoms with van der Waals surface area (Å²) in [7, 11) is 0. The molecule has 4 heteroatoms. The molecule has 0 amide bonds. The predicted molar refractivity (Wildman–Crippen MR) is 59.3 cm³/mol. The molecule has 0 spiro atoms. The van der Waals surface area contributed by atoms with Gasteiger partial charge >= 0.3 is 5.97 Å². The zero-order chi connectivity index (χ0) is 11.3. The summed E-state index contributed by atoms with van der Waals surface area (Å²) >= 11 is 5.58. The highest BCUT2D eigenvalue weighted by Crippen LogP contribution is 2.28. The molecule has 3 atom stereocenters. The molecule has 0 saturated heterocycles. The molecular formula is C11H19ClO3. The fourth-order valence-electron chi connectivity index (χ4n) is 2.06. The minimum Gasteiger partial charge on any atom is -0.480 e. The zero-order valence-corrected chi connectivity index (χ0v) is 9.87. The van der Waals surface area contributed by atoms with Gasteiger partial charge in [-0.3, -0.25) is 4.79 Å². The lowest BCUT2D eigenvalue weighted by Crippen LogP contribution is -2.28. The fraction of sp³-hybridized carbons (Fsp3) is 0.909. The van der Waals surface area contributed by atoms with Crippen molar-refractivity contribution in [2.24, 2.45) is 5.92 Å². The highest BCUT2D eigenvalue weighted by Gasteiger charge is 2.23. The first-order chi connectivity index (χ1) is 7.13. The maximum Gasteiger partial charge on any atom is 0.324 e. The molecule has 0 aromatic heterocycles. The van der Waals surface area contributed by atoms with E-state index in [1.165, 1.54) is 19.3 Å². The molecule has 3 unspecified atom stereocenters. The Hall–Kier alpha value is -0.280. The van der Waals surface area contributed by atoms with E-state index in [1.54, 1.807) is 0 Å². The van der Waals surface area contributed by atoms with Gasteiger partial charge in [0.25, 0.3) is 0 Å². The molecule has 0 aliphatic heterocycles. The number of ether oxygens (including phenoxy) is 1. The second kappa shape index (κ2) is 6.33. The Morgan fingerprint density at radius 3 is 2.93 bits per heavy atom. The van der Waals surface area contributed by atoms with E-state index >= 15 is 0 Å². The third-order valence-electron chi connectivity index (χ3n) is 3.06. The van der Waals surface area contributed by atoms with Crippen LogP contribution in [-0.4, -0.2) is 29.2 Å². The Bertz CT molecular complexity index is 208. The van der Waals surface area contributed by atoms with Crippen molar-refractivity contribution in [3.8, 4) is 0 Å². The fourth-order valence-corrected chi connectivity index (χ4v) is 2.13. The molecule has 1 N–H and O–H groups in total.